The van der Waals surface area contributed by atoms with Crippen LogP contribution in [0.3, 0.4) is 0 Å². The zero-order valence-corrected chi connectivity index (χ0v) is 25.0. The fourth-order valence-electron chi connectivity index (χ4n) is 6.42. The topological polar surface area (TPSA) is 74.7 Å². The number of amides is 2. The number of hydrogen-bond acceptors (Lipinski definition) is 4. The van der Waals surface area contributed by atoms with Crippen LogP contribution in [0.2, 0.25) is 0 Å². The smallest absolute Gasteiger partial charge is 0.256 e. The third-order valence-corrected chi connectivity index (χ3v) is 9.11. The van der Waals surface area contributed by atoms with Crippen molar-refractivity contribution in [3.05, 3.63) is 58.5 Å². The molecule has 2 aromatic rings. The largest absolute Gasteiger partial charge is 0.342 e. The van der Waals surface area contributed by atoms with Gasteiger partial charge in [-0.15, -0.1) is 0 Å². The molecule has 2 aliphatic rings. The van der Waals surface area contributed by atoms with Crippen LogP contribution in [0, 0.1) is 17.3 Å². The van der Waals surface area contributed by atoms with Crippen molar-refractivity contribution in [1.29, 1.82) is 0 Å². The fourth-order valence-corrected chi connectivity index (χ4v) is 6.42. The SMILES string of the molecule is CCCC(CC)CCC(=O)N1CCC(Cn2cc(C(=O)N3CCNCC3)c(-c3ccccc3)cc2=O)C(C)(C)C1. The Labute approximate surface area is 239 Å². The Morgan fingerprint density at radius 1 is 1.02 bits per heavy atom. The van der Waals surface area contributed by atoms with Crippen LogP contribution in [-0.2, 0) is 11.3 Å². The standard InChI is InChI=1S/C33H48N4O3/c1-5-10-25(6-2)13-14-30(38)36-18-15-27(33(3,4)24-36)22-37-23-29(32(40)35-19-16-34-17-20-35)28(21-31(37)39)26-11-8-7-9-12-26/h7-9,11-12,21,23,25,27,34H,5-6,10,13-20,22,24H2,1-4H3. The average molecular weight is 549 g/mol. The zero-order chi connectivity index (χ0) is 28.7. The van der Waals surface area contributed by atoms with Crippen LogP contribution in [0.25, 0.3) is 11.1 Å². The van der Waals surface area contributed by atoms with Crippen molar-refractivity contribution in [2.45, 2.75) is 72.8 Å². The highest BCUT2D eigenvalue weighted by molar-refractivity contribution is 6.00. The van der Waals surface area contributed by atoms with E-state index in [1.165, 1.54) is 12.8 Å². The summed E-state index contributed by atoms with van der Waals surface area (Å²) in [5, 5.41) is 3.31. The Hall–Kier alpha value is -2.93. The van der Waals surface area contributed by atoms with Crippen molar-refractivity contribution >= 4 is 11.8 Å². The number of carbonyl (C=O) groups excluding carboxylic acids is 2. The summed E-state index contributed by atoms with van der Waals surface area (Å²) in [5.41, 5.74) is 1.92. The van der Waals surface area contributed by atoms with Gasteiger partial charge in [-0.2, -0.15) is 0 Å². The molecular weight excluding hydrogens is 500 g/mol. The molecule has 2 saturated heterocycles. The molecule has 0 radical (unpaired) electrons. The van der Waals surface area contributed by atoms with Crippen LogP contribution in [0.4, 0.5) is 0 Å². The van der Waals surface area contributed by atoms with Crippen LogP contribution in [0.15, 0.2) is 47.4 Å². The predicted molar refractivity (Wildman–Crippen MR) is 161 cm³/mol. The van der Waals surface area contributed by atoms with Gasteiger partial charge in [0, 0.05) is 70.1 Å². The van der Waals surface area contributed by atoms with Gasteiger partial charge in [0.1, 0.15) is 0 Å². The van der Waals surface area contributed by atoms with Crippen molar-refractivity contribution in [3.63, 3.8) is 0 Å². The second kappa shape index (κ2) is 13.6. The first kappa shape index (κ1) is 30.0. The maximum Gasteiger partial charge on any atom is 0.256 e. The van der Waals surface area contributed by atoms with Gasteiger partial charge in [-0.05, 0) is 35.7 Å². The maximum absolute atomic E-state index is 13.7. The number of aromatic nitrogens is 1. The number of likely N-dealkylation sites (tertiary alicyclic amines) is 1. The number of carbonyl (C=O) groups is 2. The minimum absolute atomic E-state index is 0.0257. The first-order valence-electron chi connectivity index (χ1n) is 15.3. The summed E-state index contributed by atoms with van der Waals surface area (Å²) < 4.78 is 1.74. The Morgan fingerprint density at radius 2 is 1.75 bits per heavy atom. The molecule has 2 atom stereocenters. The van der Waals surface area contributed by atoms with Gasteiger partial charge in [0.25, 0.3) is 11.5 Å². The summed E-state index contributed by atoms with van der Waals surface area (Å²) in [5.74, 6) is 1.09. The molecule has 1 aromatic heterocycles. The number of rotatable bonds is 10. The van der Waals surface area contributed by atoms with Gasteiger partial charge >= 0.3 is 0 Å². The molecule has 7 heteroatoms. The van der Waals surface area contributed by atoms with E-state index >= 15 is 0 Å². The second-order valence-corrected chi connectivity index (χ2v) is 12.4. The van der Waals surface area contributed by atoms with E-state index in [-0.39, 0.29) is 28.7 Å². The highest BCUT2D eigenvalue weighted by Crippen LogP contribution is 2.36. The van der Waals surface area contributed by atoms with Gasteiger partial charge in [0.2, 0.25) is 5.91 Å². The number of pyridine rings is 1. The Bertz CT molecular complexity index is 1200. The number of nitrogens with zero attached hydrogens (tertiary/aromatic N) is 3. The van der Waals surface area contributed by atoms with Crippen LogP contribution in [-0.4, -0.2) is 65.4 Å². The van der Waals surface area contributed by atoms with Gasteiger partial charge < -0.3 is 19.7 Å². The van der Waals surface area contributed by atoms with E-state index in [1.807, 2.05) is 40.1 Å². The van der Waals surface area contributed by atoms with Crippen molar-refractivity contribution in [1.82, 2.24) is 19.7 Å². The predicted octanol–water partition coefficient (Wildman–Crippen LogP) is 5.04. The third-order valence-electron chi connectivity index (χ3n) is 9.11. The fraction of sp³-hybridized carbons (Fsp3) is 0.606. The summed E-state index contributed by atoms with van der Waals surface area (Å²) in [6, 6.07) is 11.3. The first-order valence-corrected chi connectivity index (χ1v) is 15.3. The Kier molecular flexibility index (Phi) is 10.2. The lowest BCUT2D eigenvalue weighted by Gasteiger charge is -2.44. The minimum Gasteiger partial charge on any atom is -0.342 e. The van der Waals surface area contributed by atoms with Gasteiger partial charge in [-0.1, -0.05) is 77.3 Å². The van der Waals surface area contributed by atoms with Crippen LogP contribution in [0.1, 0.15) is 76.6 Å². The molecule has 2 aliphatic heterocycles. The van der Waals surface area contributed by atoms with Crippen LogP contribution in [0.5, 0.6) is 0 Å². The van der Waals surface area contributed by atoms with E-state index in [4.69, 9.17) is 0 Å². The number of nitrogens with one attached hydrogen (secondary N) is 1. The monoisotopic (exact) mass is 548 g/mol. The Balaban J connectivity index is 1.52. The highest BCUT2D eigenvalue weighted by atomic mass is 16.2. The number of piperidine rings is 1. The molecule has 2 unspecified atom stereocenters. The number of hydrogen-bond donors (Lipinski definition) is 1. The van der Waals surface area contributed by atoms with E-state index in [0.717, 1.165) is 44.5 Å². The van der Waals surface area contributed by atoms with Gasteiger partial charge in [-0.25, -0.2) is 0 Å². The highest BCUT2D eigenvalue weighted by Gasteiger charge is 2.38. The van der Waals surface area contributed by atoms with Gasteiger partial charge in [0.05, 0.1) is 5.56 Å². The first-order chi connectivity index (χ1) is 19.2. The molecule has 4 rings (SSSR count). The molecule has 0 saturated carbocycles. The molecule has 3 heterocycles. The Morgan fingerprint density at radius 3 is 2.40 bits per heavy atom. The second-order valence-electron chi connectivity index (χ2n) is 12.4. The van der Waals surface area contributed by atoms with E-state index in [0.29, 0.717) is 49.6 Å². The quantitative estimate of drug-likeness (QED) is 0.451. The number of piperazine rings is 1. The molecule has 1 N–H and O–H groups in total. The lowest BCUT2D eigenvalue weighted by molar-refractivity contribution is -0.136. The molecule has 2 fully saturated rings. The van der Waals surface area contributed by atoms with Crippen molar-refractivity contribution in [2.24, 2.45) is 17.3 Å². The summed E-state index contributed by atoms with van der Waals surface area (Å²) >= 11 is 0. The van der Waals surface area contributed by atoms with E-state index in [2.05, 4.69) is 33.0 Å². The number of benzene rings is 1. The third kappa shape index (κ3) is 7.22. The molecule has 0 bridgehead atoms. The van der Waals surface area contributed by atoms with Crippen molar-refractivity contribution in [2.75, 3.05) is 39.3 Å². The summed E-state index contributed by atoms with van der Waals surface area (Å²) in [6.07, 6.45) is 7.72. The van der Waals surface area contributed by atoms with Crippen LogP contribution < -0.4 is 10.9 Å². The summed E-state index contributed by atoms with van der Waals surface area (Å²) in [4.78, 5) is 44.1. The van der Waals surface area contributed by atoms with Gasteiger partial charge in [0.15, 0.2) is 0 Å². The molecule has 0 spiro atoms. The van der Waals surface area contributed by atoms with E-state index in [9.17, 15) is 14.4 Å². The minimum atomic E-state index is -0.137. The normalized spacial score (nSPS) is 19.9. The lowest BCUT2D eigenvalue weighted by Crippen LogP contribution is -2.50. The summed E-state index contributed by atoms with van der Waals surface area (Å²) in [7, 11) is 0. The van der Waals surface area contributed by atoms with Crippen molar-refractivity contribution in [3.8, 4) is 11.1 Å². The molecule has 1 aromatic carbocycles. The molecule has 2 amide bonds. The van der Waals surface area contributed by atoms with Crippen LogP contribution >= 0.6 is 0 Å². The maximum atomic E-state index is 13.7. The van der Waals surface area contributed by atoms with Gasteiger partial charge in [-0.3, -0.25) is 14.4 Å². The lowest BCUT2D eigenvalue weighted by atomic mass is 9.73. The van der Waals surface area contributed by atoms with E-state index in [1.54, 1.807) is 16.8 Å². The molecule has 7 nitrogen and oxygen atoms in total. The zero-order valence-electron chi connectivity index (χ0n) is 25.0. The molecule has 0 aliphatic carbocycles. The molecular formula is C33H48N4O3. The average Bonchev–Trinajstić information content (AvgIpc) is 2.97. The molecule has 218 valence electrons. The van der Waals surface area contributed by atoms with Crippen molar-refractivity contribution < 1.29 is 9.59 Å². The summed E-state index contributed by atoms with van der Waals surface area (Å²) in [6.45, 7) is 13.7. The van der Waals surface area contributed by atoms with E-state index < -0.39 is 0 Å². The molecule has 40 heavy (non-hydrogen) atoms.